The highest BCUT2D eigenvalue weighted by atomic mass is 35.5. The maximum absolute atomic E-state index is 11.4. The van der Waals surface area contributed by atoms with Gasteiger partial charge < -0.3 is 14.5 Å². The minimum atomic E-state index is 0.00386. The molecule has 0 N–H and O–H groups in total. The third kappa shape index (κ3) is 2.85. The van der Waals surface area contributed by atoms with Crippen molar-refractivity contribution in [3.05, 3.63) is 18.3 Å². The predicted molar refractivity (Wildman–Crippen MR) is 70.3 cm³/mol. The van der Waals surface area contributed by atoms with Crippen molar-refractivity contribution in [3.63, 3.8) is 0 Å². The van der Waals surface area contributed by atoms with Gasteiger partial charge in [0.2, 0.25) is 11.8 Å². The normalized spacial score (nSPS) is 15.7. The van der Waals surface area contributed by atoms with Crippen molar-refractivity contribution in [1.82, 2.24) is 9.88 Å². The van der Waals surface area contributed by atoms with Gasteiger partial charge in [-0.3, -0.25) is 4.79 Å². The molecular weight excluding hydrogens is 254 g/mol. The van der Waals surface area contributed by atoms with Crippen LogP contribution in [0.5, 0.6) is 5.88 Å². The Kier molecular flexibility index (Phi) is 4.25. The van der Waals surface area contributed by atoms with Crippen LogP contribution < -0.4 is 9.64 Å². The van der Waals surface area contributed by atoms with Crippen LogP contribution in [0.3, 0.4) is 0 Å². The van der Waals surface area contributed by atoms with Crippen molar-refractivity contribution < 1.29 is 9.53 Å². The summed E-state index contributed by atoms with van der Waals surface area (Å²) in [6.45, 7) is 3.02. The van der Waals surface area contributed by atoms with Gasteiger partial charge in [-0.25, -0.2) is 4.98 Å². The van der Waals surface area contributed by atoms with Crippen molar-refractivity contribution in [2.75, 3.05) is 44.1 Å². The van der Waals surface area contributed by atoms with Gasteiger partial charge in [0.05, 0.1) is 19.0 Å². The lowest BCUT2D eigenvalue weighted by molar-refractivity contribution is -0.128. The zero-order valence-corrected chi connectivity index (χ0v) is 11.1. The average molecular weight is 270 g/mol. The highest BCUT2D eigenvalue weighted by molar-refractivity contribution is 6.27. The molecule has 0 radical (unpaired) electrons. The van der Waals surface area contributed by atoms with Crippen LogP contribution in [-0.4, -0.2) is 55.0 Å². The number of piperazine rings is 1. The summed E-state index contributed by atoms with van der Waals surface area (Å²) in [5.74, 6) is 0.670. The quantitative estimate of drug-likeness (QED) is 0.768. The molecule has 2 rings (SSSR count). The summed E-state index contributed by atoms with van der Waals surface area (Å²) in [6, 6.07) is 3.82. The predicted octanol–water partition coefficient (Wildman–Crippen LogP) is 0.978. The molecule has 1 amide bonds. The van der Waals surface area contributed by atoms with Crippen LogP contribution in [0.25, 0.3) is 0 Å². The fourth-order valence-corrected chi connectivity index (χ4v) is 2.15. The van der Waals surface area contributed by atoms with Gasteiger partial charge in [0.15, 0.2) is 0 Å². The number of pyridine rings is 1. The van der Waals surface area contributed by atoms with Crippen LogP contribution in [0.15, 0.2) is 18.3 Å². The Labute approximate surface area is 111 Å². The van der Waals surface area contributed by atoms with Gasteiger partial charge in [-0.2, -0.15) is 0 Å². The lowest BCUT2D eigenvalue weighted by Crippen LogP contribution is -2.49. The fraction of sp³-hybridized carbons (Fsp3) is 0.500. The Morgan fingerprint density at radius 2 is 2.11 bits per heavy atom. The number of aromatic nitrogens is 1. The molecule has 98 valence electrons. The second kappa shape index (κ2) is 5.91. The molecule has 0 saturated carbocycles. The molecule has 0 spiro atoms. The first-order chi connectivity index (χ1) is 8.74. The van der Waals surface area contributed by atoms with E-state index in [2.05, 4.69) is 9.88 Å². The van der Waals surface area contributed by atoms with Gasteiger partial charge in [0.25, 0.3) is 0 Å². The highest BCUT2D eigenvalue weighted by Gasteiger charge is 2.20. The standard InChI is InChI=1S/C12H16ClN3O2/c1-18-11-3-2-10(9-14-11)15-4-6-16(7-5-15)12(17)8-13/h2-3,9H,4-8H2,1H3. The van der Waals surface area contributed by atoms with E-state index in [-0.39, 0.29) is 11.8 Å². The maximum Gasteiger partial charge on any atom is 0.237 e. The second-order valence-electron chi connectivity index (χ2n) is 4.06. The minimum Gasteiger partial charge on any atom is -0.481 e. The number of halogens is 1. The smallest absolute Gasteiger partial charge is 0.237 e. The van der Waals surface area contributed by atoms with Crippen molar-refractivity contribution in [1.29, 1.82) is 0 Å². The summed E-state index contributed by atoms with van der Waals surface area (Å²) < 4.78 is 5.02. The van der Waals surface area contributed by atoms with Gasteiger partial charge in [0.1, 0.15) is 5.88 Å². The molecule has 1 aromatic heterocycles. The summed E-state index contributed by atoms with van der Waals surface area (Å²) in [6.07, 6.45) is 1.79. The number of hydrogen-bond donors (Lipinski definition) is 0. The first-order valence-corrected chi connectivity index (χ1v) is 6.37. The van der Waals surface area contributed by atoms with E-state index in [4.69, 9.17) is 16.3 Å². The number of carbonyl (C=O) groups is 1. The molecular formula is C12H16ClN3O2. The number of nitrogens with zero attached hydrogens (tertiary/aromatic N) is 3. The van der Waals surface area contributed by atoms with Crippen LogP contribution in [0.1, 0.15) is 0 Å². The zero-order chi connectivity index (χ0) is 13.0. The number of ether oxygens (including phenoxy) is 1. The number of methoxy groups -OCH3 is 1. The summed E-state index contributed by atoms with van der Waals surface area (Å²) in [5.41, 5.74) is 1.05. The third-order valence-corrected chi connectivity index (χ3v) is 3.27. The summed E-state index contributed by atoms with van der Waals surface area (Å²) in [4.78, 5) is 19.6. The van der Waals surface area contributed by atoms with Gasteiger partial charge in [-0.1, -0.05) is 0 Å². The topological polar surface area (TPSA) is 45.7 Å². The van der Waals surface area contributed by atoms with Crippen LogP contribution in [0.4, 0.5) is 5.69 Å². The highest BCUT2D eigenvalue weighted by Crippen LogP contribution is 2.17. The minimum absolute atomic E-state index is 0.00386. The Hall–Kier alpha value is -1.49. The maximum atomic E-state index is 11.4. The monoisotopic (exact) mass is 269 g/mol. The van der Waals surface area contributed by atoms with Crippen molar-refractivity contribution in [3.8, 4) is 5.88 Å². The first-order valence-electron chi connectivity index (χ1n) is 5.83. The lowest BCUT2D eigenvalue weighted by Gasteiger charge is -2.35. The van der Waals surface area contributed by atoms with E-state index in [1.807, 2.05) is 12.1 Å². The number of alkyl halides is 1. The molecule has 1 aliphatic heterocycles. The van der Waals surface area contributed by atoms with E-state index in [1.54, 1.807) is 18.2 Å². The SMILES string of the molecule is COc1ccc(N2CCN(C(=O)CCl)CC2)cn1. The van der Waals surface area contributed by atoms with E-state index in [1.165, 1.54) is 0 Å². The number of amides is 1. The van der Waals surface area contributed by atoms with E-state index >= 15 is 0 Å². The molecule has 0 unspecified atom stereocenters. The molecule has 0 atom stereocenters. The Morgan fingerprint density at radius 3 is 2.61 bits per heavy atom. The molecule has 1 fully saturated rings. The summed E-state index contributed by atoms with van der Waals surface area (Å²) in [7, 11) is 1.60. The Bertz CT molecular complexity index is 402. The molecule has 0 aromatic carbocycles. The van der Waals surface area contributed by atoms with Gasteiger partial charge >= 0.3 is 0 Å². The second-order valence-corrected chi connectivity index (χ2v) is 4.33. The zero-order valence-electron chi connectivity index (χ0n) is 10.3. The molecule has 0 aliphatic carbocycles. The van der Waals surface area contributed by atoms with Crippen molar-refractivity contribution in [2.45, 2.75) is 0 Å². The first kappa shape index (κ1) is 13.0. The fourth-order valence-electron chi connectivity index (χ4n) is 1.98. The molecule has 1 aromatic rings. The molecule has 2 heterocycles. The van der Waals surface area contributed by atoms with Gasteiger partial charge in [0, 0.05) is 32.2 Å². The molecule has 1 saturated heterocycles. The Morgan fingerprint density at radius 1 is 1.39 bits per heavy atom. The number of hydrogen-bond acceptors (Lipinski definition) is 4. The van der Waals surface area contributed by atoms with Crippen LogP contribution in [0, 0.1) is 0 Å². The molecule has 18 heavy (non-hydrogen) atoms. The van der Waals surface area contributed by atoms with E-state index < -0.39 is 0 Å². The summed E-state index contributed by atoms with van der Waals surface area (Å²) >= 11 is 5.54. The Balaban J connectivity index is 1.94. The molecule has 1 aliphatic rings. The average Bonchev–Trinajstić information content (AvgIpc) is 2.47. The van der Waals surface area contributed by atoms with Crippen molar-refractivity contribution in [2.24, 2.45) is 0 Å². The number of rotatable bonds is 3. The van der Waals surface area contributed by atoms with Crippen molar-refractivity contribution >= 4 is 23.2 Å². The van der Waals surface area contributed by atoms with Gasteiger partial charge in [-0.05, 0) is 6.07 Å². The third-order valence-electron chi connectivity index (χ3n) is 3.04. The number of anilines is 1. The number of carbonyl (C=O) groups excluding carboxylic acids is 1. The van der Waals surface area contributed by atoms with E-state index in [0.717, 1.165) is 18.8 Å². The molecule has 6 heteroatoms. The van der Waals surface area contributed by atoms with Gasteiger partial charge in [-0.15, -0.1) is 11.6 Å². The van der Waals surface area contributed by atoms with Crippen LogP contribution >= 0.6 is 11.6 Å². The summed E-state index contributed by atoms with van der Waals surface area (Å²) in [5, 5.41) is 0. The molecule has 0 bridgehead atoms. The van der Waals surface area contributed by atoms with Crippen LogP contribution in [-0.2, 0) is 4.79 Å². The van der Waals surface area contributed by atoms with E-state index in [0.29, 0.717) is 19.0 Å². The molecule has 5 nitrogen and oxygen atoms in total. The largest absolute Gasteiger partial charge is 0.481 e. The lowest BCUT2D eigenvalue weighted by atomic mass is 10.2. The van der Waals surface area contributed by atoms with E-state index in [9.17, 15) is 4.79 Å². The van der Waals surface area contributed by atoms with Crippen LogP contribution in [0.2, 0.25) is 0 Å².